The molecule has 1 rings (SSSR count). The average molecular weight is 244 g/mol. The molecule has 0 aliphatic heterocycles. The van der Waals surface area contributed by atoms with E-state index >= 15 is 0 Å². The lowest BCUT2D eigenvalue weighted by Gasteiger charge is -2.26. The molecule has 1 aromatic carbocycles. The number of amides is 1. The van der Waals surface area contributed by atoms with Gasteiger partial charge in [-0.2, -0.15) is 0 Å². The molecule has 16 heavy (non-hydrogen) atoms. The largest absolute Gasteiger partial charge is 0.394 e. The maximum atomic E-state index is 11.8. The van der Waals surface area contributed by atoms with Crippen LogP contribution < -0.4 is 5.32 Å². The van der Waals surface area contributed by atoms with Crippen LogP contribution in [-0.4, -0.2) is 34.9 Å². The van der Waals surface area contributed by atoms with Gasteiger partial charge < -0.3 is 15.5 Å². The Kier molecular flexibility index (Phi) is 4.29. The van der Waals surface area contributed by atoms with E-state index in [1.54, 1.807) is 31.2 Å². The highest BCUT2D eigenvalue weighted by molar-refractivity contribution is 6.33. The van der Waals surface area contributed by atoms with Crippen LogP contribution in [0.5, 0.6) is 0 Å². The lowest BCUT2D eigenvalue weighted by Crippen LogP contribution is -2.51. The SMILES string of the molecule is CC(CO)(CO)NC(=O)c1ccccc1Cl. The smallest absolute Gasteiger partial charge is 0.253 e. The third-order valence-electron chi connectivity index (χ3n) is 2.23. The van der Waals surface area contributed by atoms with Crippen molar-refractivity contribution < 1.29 is 15.0 Å². The van der Waals surface area contributed by atoms with Gasteiger partial charge in [-0.3, -0.25) is 4.79 Å². The van der Waals surface area contributed by atoms with E-state index < -0.39 is 11.4 Å². The highest BCUT2D eigenvalue weighted by Gasteiger charge is 2.25. The molecule has 3 N–H and O–H groups in total. The van der Waals surface area contributed by atoms with Crippen molar-refractivity contribution in [3.63, 3.8) is 0 Å². The first-order valence-corrected chi connectivity index (χ1v) is 5.19. The lowest BCUT2D eigenvalue weighted by atomic mass is 10.0. The highest BCUT2D eigenvalue weighted by Crippen LogP contribution is 2.15. The van der Waals surface area contributed by atoms with Gasteiger partial charge in [0.25, 0.3) is 5.91 Å². The van der Waals surface area contributed by atoms with Crippen LogP contribution in [0.15, 0.2) is 24.3 Å². The molecule has 88 valence electrons. The predicted molar refractivity (Wildman–Crippen MR) is 61.5 cm³/mol. The third kappa shape index (κ3) is 2.95. The normalized spacial score (nSPS) is 11.2. The molecule has 0 spiro atoms. The molecular weight excluding hydrogens is 230 g/mol. The van der Waals surface area contributed by atoms with Gasteiger partial charge in [-0.15, -0.1) is 0 Å². The molecule has 0 saturated heterocycles. The number of nitrogens with one attached hydrogen (secondary N) is 1. The number of carbonyl (C=O) groups is 1. The van der Waals surface area contributed by atoms with E-state index in [1.165, 1.54) is 0 Å². The molecule has 0 saturated carbocycles. The molecule has 0 radical (unpaired) electrons. The van der Waals surface area contributed by atoms with Gasteiger partial charge in [-0.25, -0.2) is 0 Å². The van der Waals surface area contributed by atoms with Crippen molar-refractivity contribution in [2.45, 2.75) is 12.5 Å². The van der Waals surface area contributed by atoms with E-state index in [9.17, 15) is 4.79 Å². The van der Waals surface area contributed by atoms with Crippen LogP contribution in [0.1, 0.15) is 17.3 Å². The molecule has 0 atom stereocenters. The number of aliphatic hydroxyl groups excluding tert-OH is 2. The number of rotatable bonds is 4. The molecule has 0 unspecified atom stereocenters. The zero-order chi connectivity index (χ0) is 12.2. The quantitative estimate of drug-likeness (QED) is 0.733. The molecule has 0 heterocycles. The van der Waals surface area contributed by atoms with Crippen molar-refractivity contribution in [1.29, 1.82) is 0 Å². The first-order chi connectivity index (χ1) is 7.52. The van der Waals surface area contributed by atoms with Crippen LogP contribution in [0.2, 0.25) is 5.02 Å². The maximum absolute atomic E-state index is 11.8. The van der Waals surface area contributed by atoms with Crippen molar-refractivity contribution in [3.05, 3.63) is 34.9 Å². The zero-order valence-corrected chi connectivity index (χ0v) is 9.66. The van der Waals surface area contributed by atoms with Crippen molar-refractivity contribution in [2.75, 3.05) is 13.2 Å². The van der Waals surface area contributed by atoms with Gasteiger partial charge in [0.05, 0.1) is 29.3 Å². The summed E-state index contributed by atoms with van der Waals surface area (Å²) < 4.78 is 0. The summed E-state index contributed by atoms with van der Waals surface area (Å²) >= 11 is 5.85. The monoisotopic (exact) mass is 243 g/mol. The van der Waals surface area contributed by atoms with Gasteiger partial charge in [0.2, 0.25) is 0 Å². The van der Waals surface area contributed by atoms with Crippen molar-refractivity contribution in [1.82, 2.24) is 5.32 Å². The summed E-state index contributed by atoms with van der Waals surface area (Å²) in [6, 6.07) is 6.59. The van der Waals surface area contributed by atoms with Gasteiger partial charge >= 0.3 is 0 Å². The molecule has 0 bridgehead atoms. The second-order valence-electron chi connectivity index (χ2n) is 3.81. The number of hydrogen-bond donors (Lipinski definition) is 3. The molecule has 1 amide bonds. The van der Waals surface area contributed by atoms with Gasteiger partial charge in [-0.05, 0) is 19.1 Å². The van der Waals surface area contributed by atoms with Crippen molar-refractivity contribution in [2.24, 2.45) is 0 Å². The summed E-state index contributed by atoms with van der Waals surface area (Å²) in [6.07, 6.45) is 0. The summed E-state index contributed by atoms with van der Waals surface area (Å²) in [7, 11) is 0. The van der Waals surface area contributed by atoms with E-state index in [2.05, 4.69) is 5.32 Å². The molecule has 4 nitrogen and oxygen atoms in total. The van der Waals surface area contributed by atoms with Crippen LogP contribution in [0.25, 0.3) is 0 Å². The molecule has 0 fully saturated rings. The van der Waals surface area contributed by atoms with E-state index in [0.29, 0.717) is 10.6 Å². The minimum atomic E-state index is -1.05. The van der Waals surface area contributed by atoms with Crippen LogP contribution in [0.3, 0.4) is 0 Å². The number of carbonyl (C=O) groups excluding carboxylic acids is 1. The Labute approximate surface area is 98.9 Å². The summed E-state index contributed by atoms with van der Waals surface area (Å²) in [6.45, 7) is 0.848. The van der Waals surface area contributed by atoms with E-state index in [0.717, 1.165) is 0 Å². The second-order valence-corrected chi connectivity index (χ2v) is 4.22. The summed E-state index contributed by atoms with van der Waals surface area (Å²) in [5, 5.41) is 20.9. The van der Waals surface area contributed by atoms with Crippen LogP contribution in [0.4, 0.5) is 0 Å². The first-order valence-electron chi connectivity index (χ1n) is 4.81. The maximum Gasteiger partial charge on any atom is 0.253 e. The molecule has 0 aliphatic carbocycles. The summed E-state index contributed by atoms with van der Waals surface area (Å²) in [5.74, 6) is -0.420. The fourth-order valence-electron chi connectivity index (χ4n) is 1.12. The molecular formula is C11H14ClNO3. The molecule has 0 aromatic heterocycles. The van der Waals surface area contributed by atoms with Gasteiger partial charge in [0, 0.05) is 0 Å². The van der Waals surface area contributed by atoms with Gasteiger partial charge in [-0.1, -0.05) is 23.7 Å². The number of aliphatic hydroxyl groups is 2. The Balaban J connectivity index is 2.84. The van der Waals surface area contributed by atoms with Crippen molar-refractivity contribution >= 4 is 17.5 Å². The Morgan fingerprint density at radius 3 is 2.44 bits per heavy atom. The standard InChI is InChI=1S/C11H14ClNO3/c1-11(6-14,7-15)13-10(16)8-4-2-3-5-9(8)12/h2-5,14-15H,6-7H2,1H3,(H,13,16). The Morgan fingerprint density at radius 1 is 1.38 bits per heavy atom. The van der Waals surface area contributed by atoms with Gasteiger partial charge in [0.1, 0.15) is 0 Å². The summed E-state index contributed by atoms with van der Waals surface area (Å²) in [5.41, 5.74) is -0.728. The van der Waals surface area contributed by atoms with Crippen LogP contribution >= 0.6 is 11.6 Å². The van der Waals surface area contributed by atoms with E-state index in [4.69, 9.17) is 21.8 Å². The van der Waals surface area contributed by atoms with E-state index in [1.807, 2.05) is 0 Å². The number of halogens is 1. The first kappa shape index (κ1) is 13.0. The Morgan fingerprint density at radius 2 is 1.94 bits per heavy atom. The van der Waals surface area contributed by atoms with Crippen LogP contribution in [0, 0.1) is 0 Å². The Hall–Kier alpha value is -1.10. The number of hydrogen-bond acceptors (Lipinski definition) is 3. The van der Waals surface area contributed by atoms with E-state index in [-0.39, 0.29) is 13.2 Å². The van der Waals surface area contributed by atoms with Crippen molar-refractivity contribution in [3.8, 4) is 0 Å². The van der Waals surface area contributed by atoms with Gasteiger partial charge in [0.15, 0.2) is 0 Å². The average Bonchev–Trinajstić information content (AvgIpc) is 2.29. The fourth-order valence-corrected chi connectivity index (χ4v) is 1.34. The lowest BCUT2D eigenvalue weighted by molar-refractivity contribution is 0.0724. The summed E-state index contributed by atoms with van der Waals surface area (Å²) in [4.78, 5) is 11.8. The minimum absolute atomic E-state index is 0.317. The van der Waals surface area contributed by atoms with Crippen LogP contribution in [-0.2, 0) is 0 Å². The zero-order valence-electron chi connectivity index (χ0n) is 8.90. The second kappa shape index (κ2) is 5.30. The fraction of sp³-hybridized carbons (Fsp3) is 0.364. The Bertz CT molecular complexity index is 377. The molecule has 1 aromatic rings. The predicted octanol–water partition coefficient (Wildman–Crippen LogP) is 0.813. The minimum Gasteiger partial charge on any atom is -0.394 e. The number of benzene rings is 1. The third-order valence-corrected chi connectivity index (χ3v) is 2.56. The molecule has 5 heteroatoms. The molecule has 0 aliphatic rings. The topological polar surface area (TPSA) is 69.6 Å². The highest BCUT2D eigenvalue weighted by atomic mass is 35.5.